The maximum atomic E-state index is 12.5. The van der Waals surface area contributed by atoms with Crippen LogP contribution in [0.2, 0.25) is 5.02 Å². The Kier molecular flexibility index (Phi) is 6.70. The lowest BCUT2D eigenvalue weighted by atomic mass is 9.88. The number of amides is 2. The Labute approximate surface area is 172 Å². The highest BCUT2D eigenvalue weighted by Gasteiger charge is 2.29. The first-order valence-corrected chi connectivity index (χ1v) is 10.3. The second-order valence-electron chi connectivity index (χ2n) is 6.65. The number of esters is 1. The van der Waals surface area contributed by atoms with Gasteiger partial charge < -0.3 is 4.74 Å². The molecule has 0 aliphatic heterocycles. The van der Waals surface area contributed by atoms with Crippen LogP contribution < -0.4 is 10.7 Å². The Morgan fingerprint density at radius 3 is 2.82 bits per heavy atom. The van der Waals surface area contributed by atoms with Crippen LogP contribution in [0.25, 0.3) is 0 Å². The second-order valence-corrected chi connectivity index (χ2v) is 8.19. The second kappa shape index (κ2) is 9.21. The molecule has 1 aliphatic carbocycles. The van der Waals surface area contributed by atoms with E-state index in [9.17, 15) is 9.59 Å². The lowest BCUT2D eigenvalue weighted by Crippen LogP contribution is -2.25. The third kappa shape index (κ3) is 4.91. The van der Waals surface area contributed by atoms with Crippen LogP contribution in [0.5, 0.6) is 0 Å². The van der Waals surface area contributed by atoms with Gasteiger partial charge in [-0.05, 0) is 55.4 Å². The Hall–Kier alpha value is -2.38. The van der Waals surface area contributed by atoms with Crippen molar-refractivity contribution in [1.82, 2.24) is 5.43 Å². The smallest absolute Gasteiger partial charge is 0.341 e. The number of urea groups is 1. The lowest BCUT2D eigenvalue weighted by Gasteiger charge is -2.18. The summed E-state index contributed by atoms with van der Waals surface area (Å²) in [6, 6.07) is 6.55. The minimum Gasteiger partial charge on any atom is -0.462 e. The lowest BCUT2D eigenvalue weighted by molar-refractivity contribution is 0.0526. The molecule has 0 fully saturated rings. The number of thiophene rings is 1. The van der Waals surface area contributed by atoms with Crippen molar-refractivity contribution in [1.29, 1.82) is 0 Å². The van der Waals surface area contributed by atoms with Crippen molar-refractivity contribution >= 4 is 46.2 Å². The number of hydrazone groups is 1. The topological polar surface area (TPSA) is 79.8 Å². The molecule has 0 saturated carbocycles. The van der Waals surface area contributed by atoms with E-state index in [1.54, 1.807) is 31.2 Å². The van der Waals surface area contributed by atoms with Gasteiger partial charge in [-0.2, -0.15) is 5.10 Å². The van der Waals surface area contributed by atoms with Crippen LogP contribution in [0, 0.1) is 5.92 Å². The predicted molar refractivity (Wildman–Crippen MR) is 113 cm³/mol. The maximum Gasteiger partial charge on any atom is 0.341 e. The van der Waals surface area contributed by atoms with Gasteiger partial charge >= 0.3 is 12.0 Å². The Bertz CT molecular complexity index is 893. The number of nitrogens with zero attached hydrogens (tertiary/aromatic N) is 1. The molecular formula is C20H22ClN3O3S. The zero-order valence-corrected chi connectivity index (χ0v) is 17.3. The molecule has 1 aromatic heterocycles. The van der Waals surface area contributed by atoms with Gasteiger partial charge in [0.15, 0.2) is 0 Å². The first-order valence-electron chi connectivity index (χ1n) is 9.15. The average molecular weight is 420 g/mol. The molecule has 3 rings (SSSR count). The van der Waals surface area contributed by atoms with E-state index in [1.165, 1.54) is 17.6 Å². The summed E-state index contributed by atoms with van der Waals surface area (Å²) in [5.74, 6) is 0.168. The molecule has 2 amide bonds. The minimum absolute atomic E-state index is 0.289. The van der Waals surface area contributed by atoms with Crippen LogP contribution in [0.1, 0.15) is 46.6 Å². The minimum atomic E-state index is -0.512. The van der Waals surface area contributed by atoms with Crippen LogP contribution in [-0.2, 0) is 17.6 Å². The van der Waals surface area contributed by atoms with Crippen LogP contribution in [0.15, 0.2) is 29.4 Å². The number of carbonyl (C=O) groups is 2. The van der Waals surface area contributed by atoms with Crippen LogP contribution in [-0.4, -0.2) is 24.8 Å². The highest BCUT2D eigenvalue weighted by Crippen LogP contribution is 2.40. The van der Waals surface area contributed by atoms with E-state index >= 15 is 0 Å². The number of anilines is 1. The summed E-state index contributed by atoms with van der Waals surface area (Å²) in [5.41, 5.74) is 4.70. The maximum absolute atomic E-state index is 12.5. The van der Waals surface area contributed by atoms with Crippen molar-refractivity contribution in [2.24, 2.45) is 11.0 Å². The molecule has 1 aliphatic rings. The van der Waals surface area contributed by atoms with Gasteiger partial charge in [-0.15, -0.1) is 11.3 Å². The summed E-state index contributed by atoms with van der Waals surface area (Å²) < 4.78 is 5.21. The molecule has 8 heteroatoms. The van der Waals surface area contributed by atoms with Gasteiger partial charge in [0.2, 0.25) is 0 Å². The van der Waals surface area contributed by atoms with E-state index in [-0.39, 0.29) is 6.61 Å². The molecule has 1 atom stereocenters. The van der Waals surface area contributed by atoms with Crippen LogP contribution in [0.3, 0.4) is 0 Å². The molecule has 2 N–H and O–H groups in total. The molecule has 0 unspecified atom stereocenters. The molecule has 6 nitrogen and oxygen atoms in total. The van der Waals surface area contributed by atoms with E-state index in [1.807, 2.05) is 0 Å². The van der Waals surface area contributed by atoms with Gasteiger partial charge in [0.1, 0.15) is 5.00 Å². The molecular weight excluding hydrogens is 398 g/mol. The third-order valence-electron chi connectivity index (χ3n) is 4.47. The highest BCUT2D eigenvalue weighted by molar-refractivity contribution is 7.17. The fraction of sp³-hybridized carbons (Fsp3) is 0.350. The fourth-order valence-electron chi connectivity index (χ4n) is 3.10. The molecule has 0 spiro atoms. The van der Waals surface area contributed by atoms with Crippen molar-refractivity contribution in [2.75, 3.05) is 11.9 Å². The average Bonchev–Trinajstić information content (AvgIpc) is 3.00. The van der Waals surface area contributed by atoms with E-state index in [0.717, 1.165) is 35.3 Å². The molecule has 0 radical (unpaired) electrons. The van der Waals surface area contributed by atoms with Gasteiger partial charge in [0, 0.05) is 9.90 Å². The van der Waals surface area contributed by atoms with E-state index in [4.69, 9.17) is 16.3 Å². The molecule has 2 aromatic rings. The Balaban J connectivity index is 1.72. The molecule has 1 aromatic carbocycles. The zero-order valence-electron chi connectivity index (χ0n) is 15.8. The SMILES string of the molecule is CCOC(=O)c1c(NC(=O)N/N=C\c2ccc(Cl)cc2)sc2c1CC[C@H](C)C2. The van der Waals surface area contributed by atoms with Gasteiger partial charge in [0.05, 0.1) is 18.4 Å². The number of fused-ring (bicyclic) bond motifs is 1. The zero-order chi connectivity index (χ0) is 20.1. The quantitative estimate of drug-likeness (QED) is 0.412. The number of carbonyl (C=O) groups excluding carboxylic acids is 2. The standard InChI is InChI=1S/C20H22ClN3O3S/c1-3-27-19(25)17-15-9-4-12(2)10-16(15)28-18(17)23-20(26)24-22-11-13-5-7-14(21)8-6-13/h5-8,11-12H,3-4,9-10H2,1-2H3,(H2,23,24,26)/b22-11-/t12-/m0/s1. The normalized spacial score (nSPS) is 15.9. The number of hydrogen-bond donors (Lipinski definition) is 2. The predicted octanol–water partition coefficient (Wildman–Crippen LogP) is 4.86. The highest BCUT2D eigenvalue weighted by atomic mass is 35.5. The fourth-order valence-corrected chi connectivity index (χ4v) is 4.62. The summed E-state index contributed by atoms with van der Waals surface area (Å²) in [4.78, 5) is 25.9. The summed E-state index contributed by atoms with van der Waals surface area (Å²) >= 11 is 7.28. The third-order valence-corrected chi connectivity index (χ3v) is 5.89. The van der Waals surface area contributed by atoms with Crippen molar-refractivity contribution in [3.8, 4) is 0 Å². The molecule has 148 valence electrons. The van der Waals surface area contributed by atoms with Gasteiger partial charge in [-0.1, -0.05) is 30.7 Å². The summed E-state index contributed by atoms with van der Waals surface area (Å²) in [5, 5.41) is 7.82. The summed E-state index contributed by atoms with van der Waals surface area (Å²) in [6.45, 7) is 4.25. The number of benzene rings is 1. The number of hydrogen-bond acceptors (Lipinski definition) is 5. The molecule has 0 bridgehead atoms. The first kappa shape index (κ1) is 20.4. The number of rotatable bonds is 5. The Morgan fingerprint density at radius 1 is 1.36 bits per heavy atom. The van der Waals surface area contributed by atoms with Crippen molar-refractivity contribution in [3.05, 3.63) is 50.9 Å². The van der Waals surface area contributed by atoms with Crippen LogP contribution in [0.4, 0.5) is 9.80 Å². The number of nitrogens with one attached hydrogen (secondary N) is 2. The molecule has 28 heavy (non-hydrogen) atoms. The first-order chi connectivity index (χ1) is 13.5. The van der Waals surface area contributed by atoms with Crippen molar-refractivity contribution in [2.45, 2.75) is 33.1 Å². The molecule has 0 saturated heterocycles. The van der Waals surface area contributed by atoms with E-state index < -0.39 is 12.0 Å². The van der Waals surface area contributed by atoms with E-state index in [0.29, 0.717) is 21.5 Å². The van der Waals surface area contributed by atoms with Crippen LogP contribution >= 0.6 is 22.9 Å². The van der Waals surface area contributed by atoms with Gasteiger partial charge in [-0.25, -0.2) is 15.0 Å². The summed E-state index contributed by atoms with van der Waals surface area (Å²) in [7, 11) is 0. The number of ether oxygens (including phenoxy) is 1. The number of halogens is 1. The van der Waals surface area contributed by atoms with Gasteiger partial charge in [0.25, 0.3) is 0 Å². The van der Waals surface area contributed by atoms with Gasteiger partial charge in [-0.3, -0.25) is 5.32 Å². The monoisotopic (exact) mass is 419 g/mol. The van der Waals surface area contributed by atoms with E-state index in [2.05, 4.69) is 22.8 Å². The summed E-state index contributed by atoms with van der Waals surface area (Å²) in [6.07, 6.45) is 4.26. The largest absolute Gasteiger partial charge is 0.462 e. The molecule has 1 heterocycles. The van der Waals surface area contributed by atoms with Crippen molar-refractivity contribution < 1.29 is 14.3 Å². The van der Waals surface area contributed by atoms with Crippen molar-refractivity contribution in [3.63, 3.8) is 0 Å². The Morgan fingerprint density at radius 2 is 2.11 bits per heavy atom.